The first kappa shape index (κ1) is 13.1. The number of hydrogen-bond acceptors (Lipinski definition) is 4. The Bertz CT molecular complexity index is 629. The first-order chi connectivity index (χ1) is 9.69. The summed E-state index contributed by atoms with van der Waals surface area (Å²) < 4.78 is 1.97. The van der Waals surface area contributed by atoms with Crippen molar-refractivity contribution in [3.63, 3.8) is 0 Å². The molecule has 6 nitrogen and oxygen atoms in total. The van der Waals surface area contributed by atoms with Crippen LogP contribution >= 0.6 is 0 Å². The molecule has 3 rings (SSSR count). The van der Waals surface area contributed by atoms with Crippen LogP contribution in [0.1, 0.15) is 25.8 Å². The van der Waals surface area contributed by atoms with Crippen LogP contribution in [0.5, 0.6) is 0 Å². The van der Waals surface area contributed by atoms with Crippen LogP contribution in [0.4, 0.5) is 5.69 Å². The number of nitro groups is 1. The molecule has 2 aromatic rings. The summed E-state index contributed by atoms with van der Waals surface area (Å²) in [6.07, 6.45) is 3.89. The number of likely N-dealkylation sites (tertiary alicyclic amines) is 1. The van der Waals surface area contributed by atoms with E-state index in [-0.39, 0.29) is 10.6 Å². The van der Waals surface area contributed by atoms with E-state index >= 15 is 0 Å². The zero-order valence-corrected chi connectivity index (χ0v) is 11.5. The van der Waals surface area contributed by atoms with Gasteiger partial charge in [0.2, 0.25) is 0 Å². The minimum absolute atomic E-state index is 0.130. The first-order valence-electron chi connectivity index (χ1n) is 7.03. The minimum Gasteiger partial charge on any atom is -0.303 e. The summed E-state index contributed by atoms with van der Waals surface area (Å²) in [7, 11) is 0. The van der Waals surface area contributed by atoms with Crippen molar-refractivity contribution in [1.82, 2.24) is 14.7 Å². The van der Waals surface area contributed by atoms with Crippen LogP contribution in [-0.2, 0) is 0 Å². The third kappa shape index (κ3) is 2.27. The molecular weight excluding hydrogens is 256 g/mol. The Morgan fingerprint density at radius 2 is 2.15 bits per heavy atom. The van der Waals surface area contributed by atoms with Crippen LogP contribution in [0.15, 0.2) is 24.4 Å². The molecule has 1 aliphatic rings. The van der Waals surface area contributed by atoms with Gasteiger partial charge in [-0.15, -0.1) is 0 Å². The predicted octanol–water partition coefficient (Wildman–Crippen LogP) is 2.60. The Kier molecular flexibility index (Phi) is 3.40. The molecule has 0 spiro atoms. The number of nitro benzene ring substituents is 1. The zero-order chi connectivity index (χ0) is 14.1. The van der Waals surface area contributed by atoms with Gasteiger partial charge in [-0.05, 0) is 25.5 Å². The second-order valence-electron chi connectivity index (χ2n) is 5.25. The van der Waals surface area contributed by atoms with E-state index < -0.39 is 0 Å². The molecule has 1 saturated heterocycles. The van der Waals surface area contributed by atoms with Crippen molar-refractivity contribution in [1.29, 1.82) is 0 Å². The van der Waals surface area contributed by atoms with E-state index in [2.05, 4.69) is 16.9 Å². The fourth-order valence-electron chi connectivity index (χ4n) is 2.91. The molecule has 2 heterocycles. The van der Waals surface area contributed by atoms with E-state index in [0.717, 1.165) is 43.4 Å². The van der Waals surface area contributed by atoms with Crippen molar-refractivity contribution in [2.24, 2.45) is 0 Å². The molecular formula is C14H18N4O2. The molecule has 0 bridgehead atoms. The lowest BCUT2D eigenvalue weighted by Gasteiger charge is -2.31. The topological polar surface area (TPSA) is 64.2 Å². The average Bonchev–Trinajstić information content (AvgIpc) is 2.90. The standard InChI is InChI=1S/C14H18N4O2/c1-2-16-7-5-12(6-8-16)17-14-9-13(18(19)20)4-3-11(14)10-15-17/h3-4,9-10,12H,2,5-8H2,1H3. The fourth-order valence-corrected chi connectivity index (χ4v) is 2.91. The van der Waals surface area contributed by atoms with Crippen molar-refractivity contribution in [2.45, 2.75) is 25.8 Å². The van der Waals surface area contributed by atoms with Gasteiger partial charge in [0, 0.05) is 30.6 Å². The Labute approximate surface area is 117 Å². The molecule has 1 aromatic heterocycles. The zero-order valence-electron chi connectivity index (χ0n) is 11.5. The highest BCUT2D eigenvalue weighted by Gasteiger charge is 2.22. The molecule has 0 unspecified atom stereocenters. The van der Waals surface area contributed by atoms with E-state index in [1.54, 1.807) is 18.3 Å². The van der Waals surface area contributed by atoms with Crippen molar-refractivity contribution < 1.29 is 4.92 Å². The normalized spacial score (nSPS) is 17.6. The summed E-state index contributed by atoms with van der Waals surface area (Å²) in [5.74, 6) is 0. The van der Waals surface area contributed by atoms with Crippen molar-refractivity contribution in [2.75, 3.05) is 19.6 Å². The maximum Gasteiger partial charge on any atom is 0.271 e. The van der Waals surface area contributed by atoms with Gasteiger partial charge in [-0.3, -0.25) is 14.8 Å². The van der Waals surface area contributed by atoms with Crippen LogP contribution in [0.3, 0.4) is 0 Å². The lowest BCUT2D eigenvalue weighted by atomic mass is 10.0. The van der Waals surface area contributed by atoms with Gasteiger partial charge in [0.1, 0.15) is 0 Å². The van der Waals surface area contributed by atoms with Crippen LogP contribution in [0, 0.1) is 10.1 Å². The predicted molar refractivity (Wildman–Crippen MR) is 76.8 cm³/mol. The quantitative estimate of drug-likeness (QED) is 0.637. The minimum atomic E-state index is -0.351. The summed E-state index contributed by atoms with van der Waals surface area (Å²) in [5, 5.41) is 16.3. The first-order valence-corrected chi connectivity index (χ1v) is 7.03. The molecule has 0 amide bonds. The average molecular weight is 274 g/mol. The maximum absolute atomic E-state index is 10.9. The third-order valence-electron chi connectivity index (χ3n) is 4.14. The fraction of sp³-hybridized carbons (Fsp3) is 0.500. The van der Waals surface area contributed by atoms with E-state index in [1.165, 1.54) is 6.07 Å². The lowest BCUT2D eigenvalue weighted by molar-refractivity contribution is -0.384. The number of piperidine rings is 1. The SMILES string of the molecule is CCN1CCC(n2ncc3ccc([N+](=O)[O-])cc32)CC1. The Morgan fingerprint density at radius 1 is 1.40 bits per heavy atom. The smallest absolute Gasteiger partial charge is 0.271 e. The molecule has 20 heavy (non-hydrogen) atoms. The second-order valence-corrected chi connectivity index (χ2v) is 5.25. The molecule has 6 heteroatoms. The summed E-state index contributed by atoms with van der Waals surface area (Å²) in [6, 6.07) is 5.29. The molecule has 0 N–H and O–H groups in total. The maximum atomic E-state index is 10.9. The number of fused-ring (bicyclic) bond motifs is 1. The highest BCUT2D eigenvalue weighted by Crippen LogP contribution is 2.28. The molecule has 106 valence electrons. The number of non-ortho nitro benzene ring substituents is 1. The van der Waals surface area contributed by atoms with E-state index in [4.69, 9.17) is 0 Å². The number of benzene rings is 1. The van der Waals surface area contributed by atoms with Gasteiger partial charge in [0.15, 0.2) is 0 Å². The number of rotatable bonds is 3. The van der Waals surface area contributed by atoms with Crippen molar-refractivity contribution in [3.8, 4) is 0 Å². The largest absolute Gasteiger partial charge is 0.303 e. The summed E-state index contributed by atoms with van der Waals surface area (Å²) in [6.45, 7) is 5.39. The van der Waals surface area contributed by atoms with E-state index in [1.807, 2.05) is 4.68 Å². The summed E-state index contributed by atoms with van der Waals surface area (Å²) in [5.41, 5.74) is 0.999. The van der Waals surface area contributed by atoms with Crippen LogP contribution in [-0.4, -0.2) is 39.2 Å². The van der Waals surface area contributed by atoms with Gasteiger partial charge in [0.25, 0.3) is 5.69 Å². The highest BCUT2D eigenvalue weighted by molar-refractivity contribution is 5.81. The Balaban J connectivity index is 1.91. The Hall–Kier alpha value is -1.95. The van der Waals surface area contributed by atoms with Crippen LogP contribution in [0.25, 0.3) is 10.9 Å². The van der Waals surface area contributed by atoms with Gasteiger partial charge in [-0.1, -0.05) is 6.92 Å². The monoisotopic (exact) mass is 274 g/mol. The molecule has 0 radical (unpaired) electrons. The summed E-state index contributed by atoms with van der Waals surface area (Å²) >= 11 is 0. The molecule has 0 saturated carbocycles. The molecule has 0 aliphatic carbocycles. The van der Waals surface area contributed by atoms with Crippen LogP contribution in [0.2, 0.25) is 0 Å². The number of nitrogens with zero attached hydrogens (tertiary/aromatic N) is 4. The molecule has 0 atom stereocenters. The molecule has 1 aromatic carbocycles. The van der Waals surface area contributed by atoms with E-state index in [0.29, 0.717) is 6.04 Å². The third-order valence-corrected chi connectivity index (χ3v) is 4.14. The van der Waals surface area contributed by atoms with Crippen molar-refractivity contribution in [3.05, 3.63) is 34.5 Å². The lowest BCUT2D eigenvalue weighted by Crippen LogP contribution is -2.34. The number of hydrogen-bond donors (Lipinski definition) is 0. The molecule has 1 aliphatic heterocycles. The number of aromatic nitrogens is 2. The Morgan fingerprint density at radius 3 is 2.80 bits per heavy atom. The molecule has 1 fully saturated rings. The van der Waals surface area contributed by atoms with Crippen molar-refractivity contribution >= 4 is 16.6 Å². The van der Waals surface area contributed by atoms with Gasteiger partial charge >= 0.3 is 0 Å². The summed E-state index contributed by atoms with van der Waals surface area (Å²) in [4.78, 5) is 13.0. The second kappa shape index (κ2) is 5.20. The van der Waals surface area contributed by atoms with Gasteiger partial charge in [-0.2, -0.15) is 5.10 Å². The highest BCUT2D eigenvalue weighted by atomic mass is 16.6. The van der Waals surface area contributed by atoms with Gasteiger partial charge in [0.05, 0.1) is 22.7 Å². The van der Waals surface area contributed by atoms with Gasteiger partial charge < -0.3 is 4.90 Å². The van der Waals surface area contributed by atoms with E-state index in [9.17, 15) is 10.1 Å². The van der Waals surface area contributed by atoms with Gasteiger partial charge in [-0.25, -0.2) is 0 Å². The van der Waals surface area contributed by atoms with Crippen LogP contribution < -0.4 is 0 Å².